The van der Waals surface area contributed by atoms with Crippen molar-refractivity contribution in [3.05, 3.63) is 90.0 Å². The second kappa shape index (κ2) is 9.59. The first kappa shape index (κ1) is 20.2. The fraction of sp³-hybridized carbons (Fsp3) is 0.269. The molecule has 0 radical (unpaired) electrons. The largest absolute Gasteiger partial charge is 0.457 e. The molecule has 1 fully saturated rings. The molecule has 1 atom stereocenters. The van der Waals surface area contributed by atoms with E-state index in [1.165, 1.54) is 11.1 Å². The van der Waals surface area contributed by atoms with Crippen LogP contribution in [0.3, 0.4) is 0 Å². The zero-order valence-corrected chi connectivity index (χ0v) is 17.4. The number of carbonyl (C=O) groups excluding carboxylic acids is 1. The van der Waals surface area contributed by atoms with Gasteiger partial charge in [0.2, 0.25) is 5.91 Å². The zero-order valence-electron chi connectivity index (χ0n) is 17.4. The number of para-hydroxylation sites is 1. The van der Waals surface area contributed by atoms with Gasteiger partial charge in [-0.05, 0) is 68.3 Å². The second-order valence-corrected chi connectivity index (χ2v) is 7.99. The lowest BCUT2D eigenvalue weighted by atomic mass is 9.96. The van der Waals surface area contributed by atoms with Gasteiger partial charge in [-0.15, -0.1) is 0 Å². The van der Waals surface area contributed by atoms with Crippen molar-refractivity contribution in [3.8, 4) is 11.5 Å². The highest BCUT2D eigenvalue weighted by Gasteiger charge is 2.25. The quantitative estimate of drug-likeness (QED) is 0.582. The van der Waals surface area contributed by atoms with E-state index < -0.39 is 0 Å². The Hall–Kier alpha value is -3.11. The molecule has 154 valence electrons. The van der Waals surface area contributed by atoms with Crippen LogP contribution in [-0.4, -0.2) is 23.9 Å². The lowest BCUT2D eigenvalue weighted by Crippen LogP contribution is -2.40. The molecule has 1 amide bonds. The molecular weight excluding hydrogens is 372 g/mol. The molecule has 3 aromatic rings. The van der Waals surface area contributed by atoms with Gasteiger partial charge in [-0.25, -0.2) is 0 Å². The van der Waals surface area contributed by atoms with Gasteiger partial charge in [0.25, 0.3) is 0 Å². The summed E-state index contributed by atoms with van der Waals surface area (Å²) in [6, 6.07) is 25.9. The highest BCUT2D eigenvalue weighted by Crippen LogP contribution is 2.24. The van der Waals surface area contributed by atoms with Crippen LogP contribution in [0, 0.1) is 12.8 Å². The summed E-state index contributed by atoms with van der Waals surface area (Å²) in [5.41, 5.74) is 3.38. The molecule has 0 spiro atoms. The zero-order chi connectivity index (χ0) is 20.8. The number of benzene rings is 3. The Morgan fingerprint density at radius 3 is 2.40 bits per heavy atom. The number of rotatable bonds is 6. The van der Waals surface area contributed by atoms with E-state index in [2.05, 4.69) is 41.4 Å². The minimum Gasteiger partial charge on any atom is -0.457 e. The van der Waals surface area contributed by atoms with Gasteiger partial charge in [-0.2, -0.15) is 0 Å². The predicted molar refractivity (Wildman–Crippen MR) is 121 cm³/mol. The highest BCUT2D eigenvalue weighted by molar-refractivity contribution is 5.92. The number of hydrogen-bond donors (Lipinski definition) is 1. The summed E-state index contributed by atoms with van der Waals surface area (Å²) in [5.74, 6) is 1.66. The third-order valence-corrected chi connectivity index (χ3v) is 5.50. The molecule has 1 aliphatic rings. The van der Waals surface area contributed by atoms with Gasteiger partial charge in [0, 0.05) is 18.8 Å². The van der Waals surface area contributed by atoms with Gasteiger partial charge < -0.3 is 10.1 Å². The van der Waals surface area contributed by atoms with Crippen molar-refractivity contribution in [1.82, 2.24) is 4.90 Å². The van der Waals surface area contributed by atoms with Crippen LogP contribution in [0.15, 0.2) is 78.9 Å². The van der Waals surface area contributed by atoms with Crippen LogP contribution in [0.1, 0.15) is 24.0 Å². The van der Waals surface area contributed by atoms with Crippen molar-refractivity contribution < 1.29 is 9.53 Å². The van der Waals surface area contributed by atoms with Crippen molar-refractivity contribution >= 4 is 11.6 Å². The van der Waals surface area contributed by atoms with Gasteiger partial charge in [-0.1, -0.05) is 48.0 Å². The Morgan fingerprint density at radius 2 is 1.67 bits per heavy atom. The smallest absolute Gasteiger partial charge is 0.228 e. The minimum atomic E-state index is 0.0180. The molecule has 4 heteroatoms. The van der Waals surface area contributed by atoms with Crippen LogP contribution in [0.25, 0.3) is 0 Å². The number of piperidine rings is 1. The van der Waals surface area contributed by atoms with Crippen molar-refractivity contribution in [1.29, 1.82) is 0 Å². The lowest BCUT2D eigenvalue weighted by Gasteiger charge is -2.32. The number of aryl methyl sites for hydroxylation is 1. The molecule has 0 saturated carbocycles. The summed E-state index contributed by atoms with van der Waals surface area (Å²) in [4.78, 5) is 15.2. The van der Waals surface area contributed by atoms with E-state index in [4.69, 9.17) is 4.74 Å². The SMILES string of the molecule is Cc1ccc(CN2CCCC(C(=O)Nc3ccc(Oc4ccccc4)cc3)C2)cc1. The molecule has 4 nitrogen and oxygen atoms in total. The van der Waals surface area contributed by atoms with Crippen molar-refractivity contribution in [3.63, 3.8) is 0 Å². The number of nitrogens with one attached hydrogen (secondary N) is 1. The first-order valence-electron chi connectivity index (χ1n) is 10.6. The van der Waals surface area contributed by atoms with E-state index >= 15 is 0 Å². The third kappa shape index (κ3) is 5.49. The summed E-state index contributed by atoms with van der Waals surface area (Å²) < 4.78 is 5.81. The van der Waals surface area contributed by atoms with Gasteiger partial charge in [-0.3, -0.25) is 9.69 Å². The molecule has 1 saturated heterocycles. The van der Waals surface area contributed by atoms with Crippen molar-refractivity contribution in [2.45, 2.75) is 26.3 Å². The van der Waals surface area contributed by atoms with Crippen LogP contribution < -0.4 is 10.1 Å². The van der Waals surface area contributed by atoms with Crippen LogP contribution in [0.4, 0.5) is 5.69 Å². The van der Waals surface area contributed by atoms with E-state index in [1.54, 1.807) is 0 Å². The first-order valence-corrected chi connectivity index (χ1v) is 10.6. The molecular formula is C26H28N2O2. The number of hydrogen-bond acceptors (Lipinski definition) is 3. The molecule has 1 N–H and O–H groups in total. The summed E-state index contributed by atoms with van der Waals surface area (Å²) in [7, 11) is 0. The summed E-state index contributed by atoms with van der Waals surface area (Å²) in [5, 5.41) is 3.07. The maximum Gasteiger partial charge on any atom is 0.228 e. The molecule has 0 aromatic heterocycles. The van der Waals surface area contributed by atoms with E-state index in [0.29, 0.717) is 0 Å². The number of likely N-dealkylation sites (tertiary alicyclic amines) is 1. The second-order valence-electron chi connectivity index (χ2n) is 7.99. The van der Waals surface area contributed by atoms with Gasteiger partial charge in [0.1, 0.15) is 11.5 Å². The molecule has 1 aliphatic heterocycles. The molecule has 4 rings (SSSR count). The lowest BCUT2D eigenvalue weighted by molar-refractivity contribution is -0.121. The van der Waals surface area contributed by atoms with Crippen LogP contribution in [0.2, 0.25) is 0 Å². The van der Waals surface area contributed by atoms with E-state index in [-0.39, 0.29) is 11.8 Å². The maximum atomic E-state index is 12.8. The van der Waals surface area contributed by atoms with E-state index in [0.717, 1.165) is 49.7 Å². The summed E-state index contributed by atoms with van der Waals surface area (Å²) >= 11 is 0. The minimum absolute atomic E-state index is 0.0180. The molecule has 1 heterocycles. The normalized spacial score (nSPS) is 16.8. The molecule has 3 aromatic carbocycles. The highest BCUT2D eigenvalue weighted by atomic mass is 16.5. The summed E-state index contributed by atoms with van der Waals surface area (Å²) in [6.07, 6.45) is 1.99. The van der Waals surface area contributed by atoms with Crippen LogP contribution in [-0.2, 0) is 11.3 Å². The number of ether oxygens (including phenoxy) is 1. The molecule has 1 unspecified atom stereocenters. The molecule has 0 bridgehead atoms. The fourth-order valence-electron chi connectivity index (χ4n) is 3.84. The van der Waals surface area contributed by atoms with Gasteiger partial charge in [0.15, 0.2) is 0 Å². The molecule has 30 heavy (non-hydrogen) atoms. The van der Waals surface area contributed by atoms with E-state index in [1.807, 2.05) is 54.6 Å². The number of nitrogens with zero attached hydrogens (tertiary/aromatic N) is 1. The third-order valence-electron chi connectivity index (χ3n) is 5.50. The standard InChI is InChI=1S/C26H28N2O2/c1-20-9-11-21(12-10-20)18-28-17-5-6-22(19-28)26(29)27-23-13-15-25(16-14-23)30-24-7-3-2-4-8-24/h2-4,7-16,22H,5-6,17-19H2,1H3,(H,27,29). The predicted octanol–water partition coefficient (Wildman–Crippen LogP) is 5.64. The number of carbonyl (C=O) groups is 1. The Kier molecular flexibility index (Phi) is 6.45. The van der Waals surface area contributed by atoms with Gasteiger partial charge >= 0.3 is 0 Å². The van der Waals surface area contributed by atoms with Crippen LogP contribution in [0.5, 0.6) is 11.5 Å². The fourth-order valence-corrected chi connectivity index (χ4v) is 3.84. The Balaban J connectivity index is 1.31. The van der Waals surface area contributed by atoms with E-state index in [9.17, 15) is 4.79 Å². The number of amides is 1. The first-order chi connectivity index (χ1) is 14.7. The summed E-state index contributed by atoms with van der Waals surface area (Å²) in [6.45, 7) is 4.85. The van der Waals surface area contributed by atoms with Crippen molar-refractivity contribution in [2.75, 3.05) is 18.4 Å². The monoisotopic (exact) mass is 400 g/mol. The maximum absolute atomic E-state index is 12.8. The Bertz CT molecular complexity index is 953. The average molecular weight is 401 g/mol. The van der Waals surface area contributed by atoms with Crippen molar-refractivity contribution in [2.24, 2.45) is 5.92 Å². The van der Waals surface area contributed by atoms with Crippen LogP contribution >= 0.6 is 0 Å². The average Bonchev–Trinajstić information content (AvgIpc) is 2.78. The topological polar surface area (TPSA) is 41.6 Å². The Morgan fingerprint density at radius 1 is 0.967 bits per heavy atom. The number of anilines is 1. The van der Waals surface area contributed by atoms with Gasteiger partial charge in [0.05, 0.1) is 5.92 Å². The molecule has 0 aliphatic carbocycles. The Labute approximate surface area is 178 Å².